The van der Waals surface area contributed by atoms with Gasteiger partial charge in [0.25, 0.3) is 0 Å². The third kappa shape index (κ3) is 3.55. The highest BCUT2D eigenvalue weighted by atomic mass is 35.5. The molecule has 1 aliphatic carbocycles. The lowest BCUT2D eigenvalue weighted by atomic mass is 9.95. The van der Waals surface area contributed by atoms with Crippen molar-refractivity contribution in [3.8, 4) is 0 Å². The zero-order chi connectivity index (χ0) is 14.7. The molecule has 7 heteroatoms. The van der Waals surface area contributed by atoms with Crippen molar-refractivity contribution in [2.24, 2.45) is 0 Å². The van der Waals surface area contributed by atoms with Gasteiger partial charge in [0.1, 0.15) is 0 Å². The number of hydrogen-bond donors (Lipinski definition) is 0. The summed E-state index contributed by atoms with van der Waals surface area (Å²) in [4.78, 5) is 17.5. The second-order valence-electron chi connectivity index (χ2n) is 5.71. The molecule has 2 heterocycles. The summed E-state index contributed by atoms with van der Waals surface area (Å²) < 4.78 is 5.37. The lowest BCUT2D eigenvalue weighted by molar-refractivity contribution is 0.122. The predicted molar refractivity (Wildman–Crippen MR) is 83.1 cm³/mol. The summed E-state index contributed by atoms with van der Waals surface area (Å²) in [5.41, 5.74) is 0. The van der Waals surface area contributed by atoms with Crippen molar-refractivity contribution in [2.45, 2.75) is 38.1 Å². The van der Waals surface area contributed by atoms with E-state index in [1.54, 1.807) is 0 Å². The van der Waals surface area contributed by atoms with E-state index in [1.807, 2.05) is 0 Å². The molecule has 0 atom stereocenters. The molecule has 1 saturated heterocycles. The second kappa shape index (κ2) is 6.75. The maximum absolute atomic E-state index is 6.11. The van der Waals surface area contributed by atoms with Crippen LogP contribution in [0, 0.1) is 0 Å². The van der Waals surface area contributed by atoms with Gasteiger partial charge in [0.2, 0.25) is 17.2 Å². The van der Waals surface area contributed by atoms with Crippen molar-refractivity contribution in [1.29, 1.82) is 0 Å². The summed E-state index contributed by atoms with van der Waals surface area (Å²) in [7, 11) is 2.06. The molecule has 0 bridgehead atoms. The number of rotatable bonds is 3. The summed E-state index contributed by atoms with van der Waals surface area (Å²) in [6.45, 7) is 3.01. The molecule has 1 aliphatic heterocycles. The van der Waals surface area contributed by atoms with Crippen LogP contribution in [0.2, 0.25) is 5.28 Å². The van der Waals surface area contributed by atoms with E-state index in [0.29, 0.717) is 31.2 Å². The van der Waals surface area contributed by atoms with Crippen molar-refractivity contribution >= 4 is 23.5 Å². The lowest BCUT2D eigenvalue weighted by Gasteiger charge is -2.32. The Hall–Kier alpha value is -1.14. The Kier molecular flexibility index (Phi) is 4.75. The Morgan fingerprint density at radius 2 is 1.81 bits per heavy atom. The Morgan fingerprint density at radius 1 is 1.10 bits per heavy atom. The van der Waals surface area contributed by atoms with Crippen LogP contribution in [0.4, 0.5) is 11.9 Å². The van der Waals surface area contributed by atoms with Crippen molar-refractivity contribution < 1.29 is 4.74 Å². The van der Waals surface area contributed by atoms with Crippen LogP contribution in [0.3, 0.4) is 0 Å². The highest BCUT2D eigenvalue weighted by molar-refractivity contribution is 6.28. The van der Waals surface area contributed by atoms with E-state index in [9.17, 15) is 0 Å². The Balaban J connectivity index is 1.79. The van der Waals surface area contributed by atoms with E-state index in [2.05, 4.69) is 31.8 Å². The van der Waals surface area contributed by atoms with Crippen LogP contribution in [-0.2, 0) is 4.74 Å². The fourth-order valence-electron chi connectivity index (χ4n) is 3.02. The predicted octanol–water partition coefficient (Wildman–Crippen LogP) is 2.13. The number of halogens is 1. The number of anilines is 2. The summed E-state index contributed by atoms with van der Waals surface area (Å²) >= 11 is 6.11. The fourth-order valence-corrected chi connectivity index (χ4v) is 3.17. The Labute approximate surface area is 130 Å². The first-order valence-corrected chi connectivity index (χ1v) is 8.09. The Bertz CT molecular complexity index is 474. The summed E-state index contributed by atoms with van der Waals surface area (Å²) in [6.07, 6.45) is 6.30. The number of hydrogen-bond acceptors (Lipinski definition) is 6. The zero-order valence-electron chi connectivity index (χ0n) is 12.5. The molecule has 1 aromatic rings. The molecule has 1 aromatic heterocycles. The van der Waals surface area contributed by atoms with Crippen LogP contribution in [0.15, 0.2) is 0 Å². The van der Waals surface area contributed by atoms with Gasteiger partial charge in [0.05, 0.1) is 13.2 Å². The van der Waals surface area contributed by atoms with Crippen LogP contribution in [0.1, 0.15) is 32.1 Å². The first-order valence-electron chi connectivity index (χ1n) is 7.71. The van der Waals surface area contributed by atoms with Crippen molar-refractivity contribution in [1.82, 2.24) is 15.0 Å². The van der Waals surface area contributed by atoms with E-state index >= 15 is 0 Å². The van der Waals surface area contributed by atoms with Gasteiger partial charge in [-0.05, 0) is 24.4 Å². The summed E-state index contributed by atoms with van der Waals surface area (Å²) in [6, 6.07) is 0.509. The average molecular weight is 312 g/mol. The molecule has 0 amide bonds. The van der Waals surface area contributed by atoms with Gasteiger partial charge < -0.3 is 14.5 Å². The van der Waals surface area contributed by atoms with Crippen LogP contribution < -0.4 is 9.80 Å². The number of morpholine rings is 1. The molecule has 0 radical (unpaired) electrons. The monoisotopic (exact) mass is 311 g/mol. The van der Waals surface area contributed by atoms with Gasteiger partial charge in [0.15, 0.2) is 0 Å². The summed E-state index contributed by atoms with van der Waals surface area (Å²) in [5.74, 6) is 1.35. The minimum absolute atomic E-state index is 0.268. The molecule has 2 fully saturated rings. The van der Waals surface area contributed by atoms with Crippen LogP contribution in [0.5, 0.6) is 0 Å². The molecule has 6 nitrogen and oxygen atoms in total. The van der Waals surface area contributed by atoms with Gasteiger partial charge in [-0.2, -0.15) is 15.0 Å². The third-order valence-electron chi connectivity index (χ3n) is 4.32. The molecular formula is C14H22ClN5O. The molecule has 2 aliphatic rings. The fraction of sp³-hybridized carbons (Fsp3) is 0.786. The summed E-state index contributed by atoms with van der Waals surface area (Å²) in [5, 5.41) is 0.268. The van der Waals surface area contributed by atoms with E-state index in [4.69, 9.17) is 16.3 Å². The quantitative estimate of drug-likeness (QED) is 0.852. The molecule has 21 heavy (non-hydrogen) atoms. The lowest BCUT2D eigenvalue weighted by Crippen LogP contribution is -2.39. The second-order valence-corrected chi connectivity index (χ2v) is 6.04. The van der Waals surface area contributed by atoms with E-state index in [1.165, 1.54) is 32.1 Å². The van der Waals surface area contributed by atoms with E-state index in [0.717, 1.165) is 13.1 Å². The van der Waals surface area contributed by atoms with Crippen LogP contribution >= 0.6 is 11.6 Å². The smallest absolute Gasteiger partial charge is 0.231 e. The molecular weight excluding hydrogens is 290 g/mol. The SMILES string of the molecule is CN(c1nc(Cl)nc(N2CCOCC2)n1)C1CCCCC1. The molecule has 0 aromatic carbocycles. The van der Waals surface area contributed by atoms with Crippen LogP contribution in [-0.4, -0.2) is 54.3 Å². The van der Waals surface area contributed by atoms with Crippen LogP contribution in [0.25, 0.3) is 0 Å². The van der Waals surface area contributed by atoms with Gasteiger partial charge in [-0.1, -0.05) is 19.3 Å². The first-order chi connectivity index (χ1) is 10.2. The van der Waals surface area contributed by atoms with E-state index < -0.39 is 0 Å². The van der Waals surface area contributed by atoms with Gasteiger partial charge >= 0.3 is 0 Å². The normalized spacial score (nSPS) is 20.6. The molecule has 0 N–H and O–H groups in total. The number of aromatic nitrogens is 3. The minimum Gasteiger partial charge on any atom is -0.378 e. The van der Waals surface area contributed by atoms with Crippen molar-refractivity contribution in [3.63, 3.8) is 0 Å². The highest BCUT2D eigenvalue weighted by Gasteiger charge is 2.22. The third-order valence-corrected chi connectivity index (χ3v) is 4.49. The largest absolute Gasteiger partial charge is 0.378 e. The molecule has 0 unspecified atom stereocenters. The van der Waals surface area contributed by atoms with Crippen molar-refractivity contribution in [2.75, 3.05) is 43.2 Å². The molecule has 3 rings (SSSR count). The Morgan fingerprint density at radius 3 is 2.52 bits per heavy atom. The van der Waals surface area contributed by atoms with Gasteiger partial charge in [-0.25, -0.2) is 0 Å². The number of ether oxygens (including phenoxy) is 1. The minimum atomic E-state index is 0.268. The highest BCUT2D eigenvalue weighted by Crippen LogP contribution is 2.25. The molecule has 116 valence electrons. The number of nitrogens with zero attached hydrogens (tertiary/aromatic N) is 5. The standard InChI is InChI=1S/C14H22ClN5O/c1-19(11-5-3-2-4-6-11)13-16-12(15)17-14(18-13)20-7-9-21-10-8-20/h11H,2-10H2,1H3. The zero-order valence-corrected chi connectivity index (χ0v) is 13.2. The first kappa shape index (κ1) is 14.8. The maximum atomic E-state index is 6.11. The van der Waals surface area contributed by atoms with E-state index in [-0.39, 0.29) is 5.28 Å². The maximum Gasteiger partial charge on any atom is 0.231 e. The van der Waals surface area contributed by atoms with Gasteiger partial charge in [0, 0.05) is 26.2 Å². The average Bonchev–Trinajstić information content (AvgIpc) is 2.55. The molecule has 0 spiro atoms. The van der Waals surface area contributed by atoms with Gasteiger partial charge in [-0.15, -0.1) is 0 Å². The van der Waals surface area contributed by atoms with Gasteiger partial charge in [-0.3, -0.25) is 0 Å². The topological polar surface area (TPSA) is 54.4 Å². The molecule has 1 saturated carbocycles. The van der Waals surface area contributed by atoms with Crippen molar-refractivity contribution in [3.05, 3.63) is 5.28 Å².